The highest BCUT2D eigenvalue weighted by molar-refractivity contribution is 6.06. The van der Waals surface area contributed by atoms with Crippen molar-refractivity contribution in [3.05, 3.63) is 167 Å². The summed E-state index contributed by atoms with van der Waals surface area (Å²) in [5, 5.41) is 12.1. The fourth-order valence-corrected chi connectivity index (χ4v) is 7.14. The van der Waals surface area contributed by atoms with E-state index in [0.29, 0.717) is 13.0 Å². The molecule has 2 heterocycles. The highest BCUT2D eigenvalue weighted by Gasteiger charge is 2.40. The van der Waals surface area contributed by atoms with Crippen molar-refractivity contribution in [3.63, 3.8) is 0 Å². The first-order chi connectivity index (χ1) is 26.8. The topological polar surface area (TPSA) is 118 Å². The summed E-state index contributed by atoms with van der Waals surface area (Å²) in [7, 11) is 2.10. The molecule has 282 valence electrons. The minimum Gasteiger partial charge on any atom is -0.445 e. The minimum absolute atomic E-state index is 0.0195. The molecule has 7 rings (SSSR count). The Hall–Kier alpha value is -5.65. The average Bonchev–Trinajstić information content (AvgIpc) is 3.48. The lowest BCUT2D eigenvalue weighted by Crippen LogP contribution is -2.41. The molecule has 5 aromatic rings. The van der Waals surface area contributed by atoms with Crippen LogP contribution >= 0.6 is 0 Å². The van der Waals surface area contributed by atoms with Crippen molar-refractivity contribution >= 4 is 17.9 Å². The van der Waals surface area contributed by atoms with Crippen LogP contribution < -0.4 is 5.32 Å². The van der Waals surface area contributed by atoms with Gasteiger partial charge in [-0.1, -0.05) is 133 Å². The lowest BCUT2D eigenvalue weighted by molar-refractivity contribution is -0.252. The molecule has 55 heavy (non-hydrogen) atoms. The zero-order valence-electron chi connectivity index (χ0n) is 30.8. The van der Waals surface area contributed by atoms with Gasteiger partial charge < -0.3 is 24.6 Å². The second-order valence-corrected chi connectivity index (χ2v) is 14.1. The van der Waals surface area contributed by atoms with Crippen molar-refractivity contribution in [1.29, 1.82) is 0 Å². The summed E-state index contributed by atoms with van der Waals surface area (Å²) in [6.07, 6.45) is -1.12. The van der Waals surface area contributed by atoms with Gasteiger partial charge in [-0.3, -0.25) is 19.4 Å². The van der Waals surface area contributed by atoms with E-state index in [1.54, 1.807) is 0 Å². The van der Waals surface area contributed by atoms with Gasteiger partial charge in [0.25, 0.3) is 5.91 Å². The number of benzene rings is 5. The quantitative estimate of drug-likeness (QED) is 0.123. The van der Waals surface area contributed by atoms with E-state index < -0.39 is 24.3 Å². The number of carbonyl (C=O) groups excluding carboxylic acids is 3. The first-order valence-corrected chi connectivity index (χ1v) is 18.6. The zero-order chi connectivity index (χ0) is 38.1. The van der Waals surface area contributed by atoms with Gasteiger partial charge in [-0.25, -0.2) is 4.79 Å². The lowest BCUT2D eigenvalue weighted by atomic mass is 9.97. The molecule has 0 aromatic heterocycles. The standard InChI is InChI=1S/C45H45N3O7/c1-47(26-31-10-4-2-5-11-31)28-38-24-41(35-18-16-32(29-49)17-19-35)55-44(54-38)36-22-20-34(21-23-36)39-15-9-8-14-37(39)27-48-42(50)25-40(43(48)51)46-45(52)53-30-33-12-6-3-7-13-33/h2-23,38,40-41,44,49H,24-30H2,1H3,(H,46,52)/t38-,40?,41+,44+/m1/s1. The fraction of sp³-hybridized carbons (Fsp3) is 0.267. The molecule has 4 atom stereocenters. The van der Waals surface area contributed by atoms with Crippen molar-refractivity contribution in [2.75, 3.05) is 13.6 Å². The Labute approximate surface area is 321 Å². The molecule has 1 unspecified atom stereocenters. The summed E-state index contributed by atoms with van der Waals surface area (Å²) in [6, 6.07) is 42.1. The first-order valence-electron chi connectivity index (χ1n) is 18.6. The van der Waals surface area contributed by atoms with E-state index in [1.807, 2.05) is 121 Å². The number of rotatable bonds is 13. The Morgan fingerprint density at radius 2 is 1.45 bits per heavy atom. The smallest absolute Gasteiger partial charge is 0.408 e. The molecule has 2 N–H and O–H groups in total. The Morgan fingerprint density at radius 3 is 2.16 bits per heavy atom. The number of carbonyl (C=O) groups is 3. The van der Waals surface area contributed by atoms with Gasteiger partial charge >= 0.3 is 6.09 Å². The maximum atomic E-state index is 13.3. The predicted octanol–water partition coefficient (Wildman–Crippen LogP) is 7.08. The number of aliphatic hydroxyl groups excluding tert-OH is 1. The number of amides is 3. The number of imide groups is 1. The average molecular weight is 740 g/mol. The molecule has 2 aliphatic rings. The number of likely N-dealkylation sites (N-methyl/N-ethyl adjacent to an activating group) is 1. The summed E-state index contributed by atoms with van der Waals surface area (Å²) in [5.41, 5.74) is 7.36. The molecule has 3 amide bonds. The maximum absolute atomic E-state index is 13.3. The number of nitrogens with one attached hydrogen (secondary N) is 1. The molecule has 10 heteroatoms. The van der Waals surface area contributed by atoms with E-state index in [1.165, 1.54) is 10.5 Å². The predicted molar refractivity (Wildman–Crippen MR) is 207 cm³/mol. The molecule has 2 aliphatic heterocycles. The van der Waals surface area contributed by atoms with E-state index in [-0.39, 0.29) is 44.3 Å². The van der Waals surface area contributed by atoms with E-state index in [9.17, 15) is 19.5 Å². The Bertz CT molecular complexity index is 2060. The van der Waals surface area contributed by atoms with Gasteiger partial charge in [0.15, 0.2) is 6.29 Å². The lowest BCUT2D eigenvalue weighted by Gasteiger charge is -2.38. The van der Waals surface area contributed by atoms with Crippen LogP contribution in [0, 0.1) is 0 Å². The third-order valence-corrected chi connectivity index (χ3v) is 10.0. The van der Waals surface area contributed by atoms with Gasteiger partial charge in [0.1, 0.15) is 12.6 Å². The number of hydrogen-bond donors (Lipinski definition) is 2. The van der Waals surface area contributed by atoms with Crippen LogP contribution in [0.4, 0.5) is 4.79 Å². The van der Waals surface area contributed by atoms with Crippen LogP contribution in [0.25, 0.3) is 11.1 Å². The van der Waals surface area contributed by atoms with Crippen molar-refractivity contribution in [3.8, 4) is 11.1 Å². The maximum Gasteiger partial charge on any atom is 0.408 e. The Kier molecular flexibility index (Phi) is 12.1. The normalized spacial score (nSPS) is 19.8. The number of alkyl carbamates (subject to hydrolysis) is 1. The van der Waals surface area contributed by atoms with Crippen molar-refractivity contribution in [1.82, 2.24) is 15.1 Å². The molecule has 10 nitrogen and oxygen atoms in total. The largest absolute Gasteiger partial charge is 0.445 e. The molecule has 0 saturated carbocycles. The third-order valence-electron chi connectivity index (χ3n) is 10.0. The number of ether oxygens (including phenoxy) is 3. The Morgan fingerprint density at radius 1 is 0.800 bits per heavy atom. The summed E-state index contributed by atoms with van der Waals surface area (Å²) in [6.45, 7) is 1.61. The summed E-state index contributed by atoms with van der Waals surface area (Å²) < 4.78 is 18.5. The van der Waals surface area contributed by atoms with Crippen LogP contribution in [0.3, 0.4) is 0 Å². The van der Waals surface area contributed by atoms with Gasteiger partial charge in [0.05, 0.1) is 31.8 Å². The van der Waals surface area contributed by atoms with Crippen molar-refractivity contribution < 1.29 is 33.7 Å². The van der Waals surface area contributed by atoms with Crippen LogP contribution in [0.1, 0.15) is 58.6 Å². The number of nitrogens with zero attached hydrogens (tertiary/aromatic N) is 2. The SMILES string of the molecule is CN(Cc1ccccc1)C[C@H]1C[C@@H](c2ccc(CO)cc2)O[C@@H](c2ccc(-c3ccccc3CN3C(=O)CC(NC(=O)OCc4ccccc4)C3=O)cc2)O1. The van der Waals surface area contributed by atoms with Gasteiger partial charge in [-0.05, 0) is 46.0 Å². The van der Waals surface area contributed by atoms with Gasteiger partial charge in [-0.2, -0.15) is 0 Å². The molecular weight excluding hydrogens is 695 g/mol. The van der Waals surface area contributed by atoms with Gasteiger partial charge in [0, 0.05) is 25.1 Å². The van der Waals surface area contributed by atoms with Gasteiger partial charge in [-0.15, -0.1) is 0 Å². The fourth-order valence-electron chi connectivity index (χ4n) is 7.14. The second kappa shape index (κ2) is 17.7. The zero-order valence-corrected chi connectivity index (χ0v) is 30.8. The highest BCUT2D eigenvalue weighted by atomic mass is 16.7. The minimum atomic E-state index is -0.990. The van der Waals surface area contributed by atoms with E-state index >= 15 is 0 Å². The monoisotopic (exact) mass is 739 g/mol. The van der Waals surface area contributed by atoms with E-state index in [4.69, 9.17) is 14.2 Å². The van der Waals surface area contributed by atoms with E-state index in [2.05, 4.69) is 29.4 Å². The van der Waals surface area contributed by atoms with Crippen LogP contribution in [0.2, 0.25) is 0 Å². The first kappa shape index (κ1) is 37.7. The van der Waals surface area contributed by atoms with Crippen LogP contribution in [-0.2, 0) is 50.1 Å². The second-order valence-electron chi connectivity index (χ2n) is 14.1. The Balaban J connectivity index is 1.03. The molecule has 0 aliphatic carbocycles. The molecule has 0 radical (unpaired) electrons. The van der Waals surface area contributed by atoms with E-state index in [0.717, 1.165) is 45.5 Å². The summed E-state index contributed by atoms with van der Waals surface area (Å²) in [4.78, 5) is 42.3. The molecule has 2 saturated heterocycles. The van der Waals surface area contributed by atoms with Crippen molar-refractivity contribution in [2.24, 2.45) is 0 Å². The van der Waals surface area contributed by atoms with Gasteiger partial charge in [0.2, 0.25) is 5.91 Å². The van der Waals surface area contributed by atoms with Crippen LogP contribution in [0.15, 0.2) is 133 Å². The molecule has 0 spiro atoms. The molecular formula is C45H45N3O7. The van der Waals surface area contributed by atoms with Crippen molar-refractivity contribution in [2.45, 2.75) is 63.7 Å². The summed E-state index contributed by atoms with van der Waals surface area (Å²) in [5.74, 6) is -0.831. The molecule has 2 fully saturated rings. The summed E-state index contributed by atoms with van der Waals surface area (Å²) >= 11 is 0. The number of aliphatic hydroxyl groups is 1. The third kappa shape index (κ3) is 9.54. The highest BCUT2D eigenvalue weighted by Crippen LogP contribution is 2.39. The molecule has 0 bridgehead atoms. The number of likely N-dealkylation sites (tertiary alicyclic amines) is 1. The number of hydrogen-bond acceptors (Lipinski definition) is 8. The molecule has 5 aromatic carbocycles. The van der Waals surface area contributed by atoms with Crippen LogP contribution in [0.5, 0.6) is 0 Å². The van der Waals surface area contributed by atoms with Crippen LogP contribution in [-0.4, -0.2) is 58.6 Å².